The first-order valence-corrected chi connectivity index (χ1v) is 8.35. The summed E-state index contributed by atoms with van der Waals surface area (Å²) in [5.74, 6) is 6.62. The van der Waals surface area contributed by atoms with Crippen LogP contribution in [0, 0.1) is 6.92 Å². The molecule has 2 rings (SSSR count). The van der Waals surface area contributed by atoms with E-state index < -0.39 is 0 Å². The third-order valence-corrected chi connectivity index (χ3v) is 4.81. The summed E-state index contributed by atoms with van der Waals surface area (Å²) in [7, 11) is 0. The van der Waals surface area contributed by atoms with Crippen molar-refractivity contribution in [3.63, 3.8) is 0 Å². The van der Waals surface area contributed by atoms with Crippen LogP contribution in [0.2, 0.25) is 0 Å². The third kappa shape index (κ3) is 4.94. The Morgan fingerprint density at radius 3 is 2.35 bits per heavy atom. The number of nitrogens with one attached hydrogen (secondary N) is 1. The van der Waals surface area contributed by atoms with Crippen molar-refractivity contribution in [1.82, 2.24) is 5.43 Å². The first-order valence-electron chi connectivity index (χ1n) is 6.57. The van der Waals surface area contributed by atoms with Gasteiger partial charge in [0, 0.05) is 21.2 Å². The molecule has 20 heavy (non-hydrogen) atoms. The predicted molar refractivity (Wildman–Crippen MR) is 90.9 cm³/mol. The van der Waals surface area contributed by atoms with Crippen molar-refractivity contribution in [2.45, 2.75) is 24.3 Å². The molecule has 0 saturated carbocycles. The Morgan fingerprint density at radius 2 is 1.75 bits per heavy atom. The molecular weight excluding hydrogens is 332 g/mol. The van der Waals surface area contributed by atoms with Gasteiger partial charge in [-0.1, -0.05) is 45.8 Å². The molecule has 0 saturated heterocycles. The zero-order valence-corrected chi connectivity index (χ0v) is 13.9. The van der Waals surface area contributed by atoms with Crippen molar-refractivity contribution in [3.8, 4) is 0 Å². The lowest BCUT2D eigenvalue weighted by molar-refractivity contribution is 0.575. The van der Waals surface area contributed by atoms with E-state index >= 15 is 0 Å². The molecule has 1 unspecified atom stereocenters. The summed E-state index contributed by atoms with van der Waals surface area (Å²) < 4.78 is 1.10. The van der Waals surface area contributed by atoms with E-state index in [-0.39, 0.29) is 6.04 Å². The molecule has 0 amide bonds. The fourth-order valence-electron chi connectivity index (χ4n) is 1.90. The zero-order valence-electron chi connectivity index (χ0n) is 11.5. The van der Waals surface area contributed by atoms with Gasteiger partial charge in [-0.3, -0.25) is 11.3 Å². The Balaban J connectivity index is 1.88. The molecule has 0 fully saturated rings. The smallest absolute Gasteiger partial charge is 0.0344 e. The number of halogens is 1. The molecule has 3 N–H and O–H groups in total. The van der Waals surface area contributed by atoms with Gasteiger partial charge in [0.1, 0.15) is 0 Å². The lowest BCUT2D eigenvalue weighted by atomic mass is 10.1. The van der Waals surface area contributed by atoms with Gasteiger partial charge >= 0.3 is 0 Å². The average Bonchev–Trinajstić information content (AvgIpc) is 2.47. The highest BCUT2D eigenvalue weighted by molar-refractivity contribution is 9.10. The van der Waals surface area contributed by atoms with Crippen molar-refractivity contribution < 1.29 is 0 Å². The van der Waals surface area contributed by atoms with E-state index in [2.05, 4.69) is 76.8 Å². The highest BCUT2D eigenvalue weighted by Gasteiger charge is 2.08. The molecule has 2 aromatic rings. The van der Waals surface area contributed by atoms with Gasteiger partial charge in [0.05, 0.1) is 0 Å². The van der Waals surface area contributed by atoms with Gasteiger partial charge in [0.15, 0.2) is 0 Å². The highest BCUT2D eigenvalue weighted by Crippen LogP contribution is 2.20. The molecule has 0 heterocycles. The summed E-state index contributed by atoms with van der Waals surface area (Å²) in [5, 5.41) is 0. The molecule has 2 nitrogen and oxygen atoms in total. The molecule has 0 aliphatic carbocycles. The number of hydrogen-bond donors (Lipinski definition) is 2. The van der Waals surface area contributed by atoms with Crippen LogP contribution in [0.4, 0.5) is 0 Å². The number of nitrogens with two attached hydrogens (primary N) is 1. The molecule has 0 aromatic heterocycles. The average molecular weight is 351 g/mol. The maximum Gasteiger partial charge on any atom is 0.0344 e. The Bertz CT molecular complexity index is 525. The van der Waals surface area contributed by atoms with Crippen LogP contribution in [0.15, 0.2) is 57.9 Å². The highest BCUT2D eigenvalue weighted by atomic mass is 79.9. The van der Waals surface area contributed by atoms with Crippen molar-refractivity contribution >= 4 is 27.7 Å². The van der Waals surface area contributed by atoms with Crippen LogP contribution in [0.5, 0.6) is 0 Å². The van der Waals surface area contributed by atoms with Crippen molar-refractivity contribution in [1.29, 1.82) is 0 Å². The SMILES string of the molecule is Cc1ccc(SCC(Cc2ccc(Br)cc2)NN)cc1. The Hall–Kier alpha value is -0.810. The topological polar surface area (TPSA) is 38.0 Å². The number of hydrogen-bond acceptors (Lipinski definition) is 3. The summed E-state index contributed by atoms with van der Waals surface area (Å²) in [6.45, 7) is 2.10. The minimum absolute atomic E-state index is 0.266. The second kappa shape index (κ2) is 7.84. The molecule has 0 spiro atoms. The van der Waals surface area contributed by atoms with E-state index in [9.17, 15) is 0 Å². The van der Waals surface area contributed by atoms with E-state index in [1.807, 2.05) is 11.8 Å². The zero-order chi connectivity index (χ0) is 14.4. The molecule has 4 heteroatoms. The van der Waals surface area contributed by atoms with Crippen LogP contribution < -0.4 is 11.3 Å². The summed E-state index contributed by atoms with van der Waals surface area (Å²) in [5.41, 5.74) is 5.50. The quantitative estimate of drug-likeness (QED) is 0.471. The molecule has 0 bridgehead atoms. The molecule has 1 atom stereocenters. The van der Waals surface area contributed by atoms with Gasteiger partial charge in [-0.05, 0) is 43.2 Å². The van der Waals surface area contributed by atoms with Crippen molar-refractivity contribution in [2.75, 3.05) is 5.75 Å². The van der Waals surface area contributed by atoms with Crippen LogP contribution in [-0.2, 0) is 6.42 Å². The van der Waals surface area contributed by atoms with Crippen molar-refractivity contribution in [3.05, 3.63) is 64.1 Å². The van der Waals surface area contributed by atoms with Gasteiger partial charge in [0.25, 0.3) is 0 Å². The minimum atomic E-state index is 0.266. The van der Waals surface area contributed by atoms with E-state index in [4.69, 9.17) is 5.84 Å². The standard InChI is InChI=1S/C16H19BrN2S/c1-12-2-8-16(9-3-12)20-11-15(19-18)10-13-4-6-14(17)7-5-13/h2-9,15,19H,10-11,18H2,1H3. The lowest BCUT2D eigenvalue weighted by Gasteiger charge is -2.15. The second-order valence-electron chi connectivity index (χ2n) is 4.82. The van der Waals surface area contributed by atoms with Crippen LogP contribution in [0.3, 0.4) is 0 Å². The van der Waals surface area contributed by atoms with Crippen LogP contribution in [-0.4, -0.2) is 11.8 Å². The molecule has 0 radical (unpaired) electrons. The monoisotopic (exact) mass is 350 g/mol. The van der Waals surface area contributed by atoms with Gasteiger partial charge < -0.3 is 0 Å². The summed E-state index contributed by atoms with van der Waals surface area (Å²) in [4.78, 5) is 1.28. The lowest BCUT2D eigenvalue weighted by Crippen LogP contribution is -2.38. The number of benzene rings is 2. The first kappa shape index (κ1) is 15.6. The summed E-state index contributed by atoms with van der Waals surface area (Å²) in [6, 6.07) is 17.3. The number of aryl methyl sites for hydroxylation is 1. The summed E-state index contributed by atoms with van der Waals surface area (Å²) in [6.07, 6.45) is 0.933. The van der Waals surface area contributed by atoms with E-state index in [0.717, 1.165) is 16.6 Å². The van der Waals surface area contributed by atoms with Crippen LogP contribution >= 0.6 is 27.7 Å². The Kier molecular flexibility index (Phi) is 6.10. The molecule has 106 valence electrons. The molecule has 0 aliphatic rings. The van der Waals surface area contributed by atoms with Gasteiger partial charge in [-0.25, -0.2) is 0 Å². The fourth-order valence-corrected chi connectivity index (χ4v) is 3.10. The van der Waals surface area contributed by atoms with E-state index in [0.29, 0.717) is 0 Å². The Labute approximate surface area is 133 Å². The number of thioether (sulfide) groups is 1. The largest absolute Gasteiger partial charge is 0.271 e. The number of rotatable bonds is 6. The number of hydrazine groups is 1. The molecule has 0 aliphatic heterocycles. The van der Waals surface area contributed by atoms with Crippen LogP contribution in [0.25, 0.3) is 0 Å². The maximum absolute atomic E-state index is 5.67. The van der Waals surface area contributed by atoms with Crippen molar-refractivity contribution in [2.24, 2.45) is 5.84 Å². The van der Waals surface area contributed by atoms with Crippen LogP contribution in [0.1, 0.15) is 11.1 Å². The predicted octanol–water partition coefficient (Wildman–Crippen LogP) is 3.92. The van der Waals surface area contributed by atoms with E-state index in [1.165, 1.54) is 16.0 Å². The second-order valence-corrected chi connectivity index (χ2v) is 6.83. The van der Waals surface area contributed by atoms with Gasteiger partial charge in [-0.15, -0.1) is 11.8 Å². The normalized spacial score (nSPS) is 12.3. The van der Waals surface area contributed by atoms with Gasteiger partial charge in [0.2, 0.25) is 0 Å². The first-order chi connectivity index (χ1) is 9.67. The van der Waals surface area contributed by atoms with E-state index in [1.54, 1.807) is 0 Å². The fraction of sp³-hybridized carbons (Fsp3) is 0.250. The Morgan fingerprint density at radius 1 is 1.10 bits per heavy atom. The molecular formula is C16H19BrN2S. The maximum atomic E-state index is 5.67. The summed E-state index contributed by atoms with van der Waals surface area (Å²) >= 11 is 5.28. The van der Waals surface area contributed by atoms with Gasteiger partial charge in [-0.2, -0.15) is 0 Å². The molecule has 2 aromatic carbocycles. The minimum Gasteiger partial charge on any atom is -0.271 e. The third-order valence-electron chi connectivity index (χ3n) is 3.10.